The van der Waals surface area contributed by atoms with Crippen molar-refractivity contribution in [2.75, 3.05) is 31.1 Å². The minimum atomic E-state index is -0.843. The van der Waals surface area contributed by atoms with Crippen LogP contribution in [0.5, 0.6) is 0 Å². The Balaban J connectivity index is 1.56. The summed E-state index contributed by atoms with van der Waals surface area (Å²) in [5.74, 6) is -0.176. The van der Waals surface area contributed by atoms with E-state index in [0.29, 0.717) is 32.1 Å². The largest absolute Gasteiger partial charge is 0.480 e. The monoisotopic (exact) mass is 493 g/mol. The van der Waals surface area contributed by atoms with Crippen molar-refractivity contribution < 1.29 is 9.90 Å². The van der Waals surface area contributed by atoms with E-state index in [0.717, 1.165) is 25.4 Å². The molecule has 27 heavy (non-hydrogen) atoms. The predicted octanol–water partition coefficient (Wildman–Crippen LogP) is 3.43. The van der Waals surface area contributed by atoms with Crippen LogP contribution in [0.2, 0.25) is 0 Å². The molecule has 0 spiro atoms. The number of anilines is 1. The number of nitrogens with zero attached hydrogens (tertiary/aromatic N) is 4. The van der Waals surface area contributed by atoms with Gasteiger partial charge in [0.2, 0.25) is 5.95 Å². The van der Waals surface area contributed by atoms with Crippen LogP contribution in [-0.2, 0) is 4.79 Å². The number of aromatic nitrogens is 3. The minimum absolute atomic E-state index is 0.622. The fraction of sp³-hybridized carbons (Fsp3) is 0.278. The number of halogens is 2. The van der Waals surface area contributed by atoms with E-state index in [-0.39, 0.29) is 0 Å². The number of H-pyrrole nitrogens is 1. The van der Waals surface area contributed by atoms with Crippen molar-refractivity contribution >= 4 is 54.7 Å². The minimum Gasteiger partial charge on any atom is -0.480 e. The maximum atomic E-state index is 12.1. The van der Waals surface area contributed by atoms with Gasteiger partial charge in [0.15, 0.2) is 0 Å². The van der Waals surface area contributed by atoms with Crippen LogP contribution in [0.15, 0.2) is 45.7 Å². The molecule has 1 atom stereocenters. The molecule has 3 aromatic rings. The number of rotatable bonds is 4. The molecule has 1 aromatic carbocycles. The summed E-state index contributed by atoms with van der Waals surface area (Å²) in [5.41, 5.74) is 1.72. The maximum Gasteiger partial charge on any atom is 0.325 e. The van der Waals surface area contributed by atoms with Gasteiger partial charge in [-0.3, -0.25) is 9.69 Å². The van der Waals surface area contributed by atoms with Crippen LogP contribution in [0.25, 0.3) is 10.9 Å². The second-order valence-electron chi connectivity index (χ2n) is 6.40. The van der Waals surface area contributed by atoms with Gasteiger partial charge < -0.3 is 15.0 Å². The second-order valence-corrected chi connectivity index (χ2v) is 8.23. The number of hydrogen-bond acceptors (Lipinski definition) is 5. The highest BCUT2D eigenvalue weighted by Crippen LogP contribution is 2.31. The number of carboxylic acids is 1. The van der Waals surface area contributed by atoms with Crippen LogP contribution in [0, 0.1) is 0 Å². The molecule has 140 valence electrons. The standard InChI is InChI=1S/C18H17Br2N5O2/c19-11-1-2-15-13(7-11)14(10-21-15)16(17(26)27)24-3-5-25(6-4-24)18-22-8-12(20)9-23-18/h1-2,7-10,16,21H,3-6H2,(H,26,27). The molecule has 9 heteroatoms. The van der Waals surface area contributed by atoms with E-state index >= 15 is 0 Å². The van der Waals surface area contributed by atoms with E-state index in [1.807, 2.05) is 23.1 Å². The lowest BCUT2D eigenvalue weighted by molar-refractivity contribution is -0.143. The van der Waals surface area contributed by atoms with Crippen molar-refractivity contribution in [3.63, 3.8) is 0 Å². The number of carbonyl (C=O) groups is 1. The van der Waals surface area contributed by atoms with Gasteiger partial charge in [0.1, 0.15) is 6.04 Å². The van der Waals surface area contributed by atoms with Crippen molar-refractivity contribution in [2.45, 2.75) is 6.04 Å². The van der Waals surface area contributed by atoms with E-state index < -0.39 is 12.0 Å². The van der Waals surface area contributed by atoms with Crippen molar-refractivity contribution in [1.29, 1.82) is 0 Å². The molecule has 0 saturated carbocycles. The van der Waals surface area contributed by atoms with Crippen LogP contribution in [0.4, 0.5) is 5.95 Å². The summed E-state index contributed by atoms with van der Waals surface area (Å²) in [6.07, 6.45) is 5.25. The summed E-state index contributed by atoms with van der Waals surface area (Å²) in [6.45, 7) is 2.60. The number of piperazine rings is 1. The molecule has 1 aliphatic heterocycles. The SMILES string of the molecule is O=C(O)C(c1c[nH]c2ccc(Br)cc12)N1CCN(c2ncc(Br)cn2)CC1. The molecule has 0 aliphatic carbocycles. The van der Waals surface area contributed by atoms with Gasteiger partial charge in [0.05, 0.1) is 4.47 Å². The molecule has 4 rings (SSSR count). The van der Waals surface area contributed by atoms with Crippen molar-refractivity contribution in [3.05, 3.63) is 51.3 Å². The van der Waals surface area contributed by atoms with Crippen molar-refractivity contribution in [3.8, 4) is 0 Å². The average molecular weight is 495 g/mol. The van der Waals surface area contributed by atoms with Crippen LogP contribution in [0.1, 0.15) is 11.6 Å². The quantitative estimate of drug-likeness (QED) is 0.578. The van der Waals surface area contributed by atoms with Gasteiger partial charge in [0.25, 0.3) is 0 Å². The average Bonchev–Trinajstić information content (AvgIpc) is 3.06. The molecule has 3 heterocycles. The fourth-order valence-corrected chi connectivity index (χ4v) is 4.04. The van der Waals surface area contributed by atoms with Crippen LogP contribution in [0.3, 0.4) is 0 Å². The summed E-state index contributed by atoms with van der Waals surface area (Å²) in [5, 5.41) is 10.9. The molecule has 0 radical (unpaired) electrons. The number of hydrogen-bond donors (Lipinski definition) is 2. The molecule has 1 saturated heterocycles. The fourth-order valence-electron chi connectivity index (χ4n) is 3.48. The lowest BCUT2D eigenvalue weighted by Crippen LogP contribution is -2.49. The lowest BCUT2D eigenvalue weighted by Gasteiger charge is -2.37. The third-order valence-corrected chi connectivity index (χ3v) is 5.68. The highest BCUT2D eigenvalue weighted by atomic mass is 79.9. The zero-order valence-electron chi connectivity index (χ0n) is 14.3. The normalized spacial score (nSPS) is 16.6. The van der Waals surface area contributed by atoms with E-state index in [2.05, 4.69) is 51.7 Å². The molecular formula is C18H17Br2N5O2. The van der Waals surface area contributed by atoms with Gasteiger partial charge >= 0.3 is 5.97 Å². The first-order valence-electron chi connectivity index (χ1n) is 8.49. The summed E-state index contributed by atoms with van der Waals surface area (Å²) in [7, 11) is 0. The van der Waals surface area contributed by atoms with E-state index in [9.17, 15) is 9.90 Å². The number of fused-ring (bicyclic) bond motifs is 1. The Labute approximate surface area is 172 Å². The van der Waals surface area contributed by atoms with E-state index in [4.69, 9.17) is 0 Å². The molecule has 1 fully saturated rings. The van der Waals surface area contributed by atoms with Crippen LogP contribution in [-0.4, -0.2) is 57.1 Å². The van der Waals surface area contributed by atoms with Gasteiger partial charge in [-0.2, -0.15) is 0 Å². The topological polar surface area (TPSA) is 85.4 Å². The molecular weight excluding hydrogens is 478 g/mol. The van der Waals surface area contributed by atoms with Crippen LogP contribution < -0.4 is 4.90 Å². The number of nitrogens with one attached hydrogen (secondary N) is 1. The Bertz CT molecular complexity index is 968. The molecule has 0 amide bonds. The van der Waals surface area contributed by atoms with Gasteiger partial charge in [-0.15, -0.1) is 0 Å². The second kappa shape index (κ2) is 7.57. The van der Waals surface area contributed by atoms with Crippen molar-refractivity contribution in [2.24, 2.45) is 0 Å². The summed E-state index contributed by atoms with van der Waals surface area (Å²) in [4.78, 5) is 28.0. The number of benzene rings is 1. The van der Waals surface area contributed by atoms with E-state index in [1.54, 1.807) is 18.6 Å². The Hall–Kier alpha value is -1.97. The van der Waals surface area contributed by atoms with Gasteiger partial charge in [0, 0.05) is 65.7 Å². The summed E-state index contributed by atoms with van der Waals surface area (Å²) < 4.78 is 1.76. The van der Waals surface area contributed by atoms with Crippen molar-refractivity contribution in [1.82, 2.24) is 19.9 Å². The smallest absolute Gasteiger partial charge is 0.325 e. The first kappa shape index (κ1) is 18.4. The zero-order valence-corrected chi connectivity index (χ0v) is 17.4. The molecule has 2 N–H and O–H groups in total. The highest BCUT2D eigenvalue weighted by Gasteiger charge is 2.32. The maximum absolute atomic E-state index is 12.1. The van der Waals surface area contributed by atoms with Gasteiger partial charge in [-0.25, -0.2) is 9.97 Å². The Kier molecular flexibility index (Phi) is 5.16. The first-order chi connectivity index (χ1) is 13.0. The molecule has 1 aliphatic rings. The highest BCUT2D eigenvalue weighted by molar-refractivity contribution is 9.10. The third kappa shape index (κ3) is 3.71. The third-order valence-electron chi connectivity index (χ3n) is 4.77. The van der Waals surface area contributed by atoms with Crippen LogP contribution >= 0.6 is 31.9 Å². The van der Waals surface area contributed by atoms with Gasteiger partial charge in [-0.05, 0) is 34.1 Å². The number of carboxylic acid groups (broad SMARTS) is 1. The Morgan fingerprint density at radius 2 is 1.81 bits per heavy atom. The van der Waals surface area contributed by atoms with E-state index in [1.165, 1.54) is 0 Å². The molecule has 0 bridgehead atoms. The number of aromatic amines is 1. The number of aliphatic carboxylic acids is 1. The van der Waals surface area contributed by atoms with Gasteiger partial charge in [-0.1, -0.05) is 15.9 Å². The Morgan fingerprint density at radius 1 is 1.11 bits per heavy atom. The molecule has 1 unspecified atom stereocenters. The summed E-state index contributed by atoms with van der Waals surface area (Å²) in [6, 6.07) is 5.16. The zero-order chi connectivity index (χ0) is 19.0. The molecule has 2 aromatic heterocycles. The Morgan fingerprint density at radius 3 is 2.48 bits per heavy atom. The lowest BCUT2D eigenvalue weighted by atomic mass is 10.0. The molecule has 7 nitrogen and oxygen atoms in total. The summed E-state index contributed by atoms with van der Waals surface area (Å²) >= 11 is 6.81. The predicted molar refractivity (Wildman–Crippen MR) is 110 cm³/mol. The first-order valence-corrected chi connectivity index (χ1v) is 10.1.